The molecular formula is C17H18BrN3. The summed E-state index contributed by atoms with van der Waals surface area (Å²) < 4.78 is 1.05. The first-order valence-corrected chi connectivity index (χ1v) is 7.92. The Balaban J connectivity index is 1.75. The van der Waals surface area contributed by atoms with Crippen molar-refractivity contribution in [3.8, 4) is 0 Å². The van der Waals surface area contributed by atoms with E-state index < -0.39 is 0 Å². The van der Waals surface area contributed by atoms with Gasteiger partial charge in [-0.2, -0.15) is 0 Å². The van der Waals surface area contributed by atoms with Crippen molar-refractivity contribution in [2.75, 3.05) is 11.4 Å². The number of halogens is 1. The zero-order valence-electron chi connectivity index (χ0n) is 11.7. The minimum Gasteiger partial charge on any atom is -0.370 e. The first-order chi connectivity index (χ1) is 10.3. The van der Waals surface area contributed by atoms with Crippen LogP contribution in [0.2, 0.25) is 0 Å². The van der Waals surface area contributed by atoms with Crippen LogP contribution in [-0.4, -0.2) is 18.5 Å². The molecule has 0 aromatic heterocycles. The molecule has 1 aliphatic rings. The highest BCUT2D eigenvalue weighted by molar-refractivity contribution is 9.10. The summed E-state index contributed by atoms with van der Waals surface area (Å²) in [7, 11) is 0. The lowest BCUT2D eigenvalue weighted by Crippen LogP contribution is -2.41. The maximum absolute atomic E-state index is 6.09. The number of para-hydroxylation sites is 1. The number of rotatable bonds is 4. The summed E-state index contributed by atoms with van der Waals surface area (Å²) >= 11 is 3.61. The van der Waals surface area contributed by atoms with Crippen LogP contribution in [0.25, 0.3) is 0 Å². The van der Waals surface area contributed by atoms with Gasteiger partial charge in [-0.3, -0.25) is 4.99 Å². The van der Waals surface area contributed by atoms with Crippen molar-refractivity contribution in [3.63, 3.8) is 0 Å². The number of hydrogen-bond donors (Lipinski definition) is 1. The molecule has 2 aromatic carbocycles. The van der Waals surface area contributed by atoms with Crippen LogP contribution in [-0.2, 0) is 6.42 Å². The molecule has 1 atom stereocenters. The van der Waals surface area contributed by atoms with Crippen molar-refractivity contribution < 1.29 is 0 Å². The fourth-order valence-corrected chi connectivity index (χ4v) is 3.19. The molecule has 0 saturated heterocycles. The van der Waals surface area contributed by atoms with Crippen molar-refractivity contribution in [3.05, 3.63) is 64.6 Å². The molecule has 2 N–H and O–H groups in total. The van der Waals surface area contributed by atoms with Gasteiger partial charge in [0.05, 0.1) is 18.3 Å². The number of guanidine groups is 1. The second-order valence-corrected chi connectivity index (χ2v) is 6.05. The summed E-state index contributed by atoms with van der Waals surface area (Å²) in [6.45, 7) is 0.764. The number of aliphatic imine (C=N–C) groups is 1. The maximum atomic E-state index is 6.09. The highest BCUT2D eigenvalue weighted by Gasteiger charge is 2.28. The summed E-state index contributed by atoms with van der Waals surface area (Å²) in [5.41, 5.74) is 8.54. The van der Waals surface area contributed by atoms with Crippen LogP contribution in [0.3, 0.4) is 0 Å². The summed E-state index contributed by atoms with van der Waals surface area (Å²) in [5.74, 6) is 0.611. The van der Waals surface area contributed by atoms with E-state index in [4.69, 9.17) is 5.73 Å². The standard InChI is InChI=1S/C17H18BrN3/c18-15-8-4-5-9-16(15)21-14(12-20-17(21)19)11-10-13-6-2-1-3-7-13/h1-9,14H,10-12H2,(H2,19,20). The lowest BCUT2D eigenvalue weighted by molar-refractivity contribution is 0.643. The van der Waals surface area contributed by atoms with Gasteiger partial charge in [-0.05, 0) is 46.5 Å². The largest absolute Gasteiger partial charge is 0.370 e. The number of benzene rings is 2. The fraction of sp³-hybridized carbons (Fsp3) is 0.235. The van der Waals surface area contributed by atoms with Gasteiger partial charge in [0, 0.05) is 4.47 Å². The van der Waals surface area contributed by atoms with Crippen molar-refractivity contribution in [1.29, 1.82) is 0 Å². The zero-order valence-corrected chi connectivity index (χ0v) is 13.3. The molecule has 0 saturated carbocycles. The molecule has 4 heteroatoms. The quantitative estimate of drug-likeness (QED) is 0.921. The van der Waals surface area contributed by atoms with E-state index in [2.05, 4.69) is 56.2 Å². The molecule has 0 bridgehead atoms. The third kappa shape index (κ3) is 3.10. The number of nitrogens with two attached hydrogens (primary N) is 1. The molecule has 21 heavy (non-hydrogen) atoms. The molecule has 0 fully saturated rings. The van der Waals surface area contributed by atoms with Gasteiger partial charge in [0.2, 0.25) is 0 Å². The zero-order chi connectivity index (χ0) is 14.7. The van der Waals surface area contributed by atoms with Crippen LogP contribution in [0, 0.1) is 0 Å². The Morgan fingerprint density at radius 2 is 1.81 bits per heavy atom. The van der Waals surface area contributed by atoms with Gasteiger partial charge in [0.15, 0.2) is 5.96 Å². The summed E-state index contributed by atoms with van der Waals surface area (Å²) in [6, 6.07) is 19.0. The van der Waals surface area contributed by atoms with E-state index in [1.807, 2.05) is 24.3 Å². The summed E-state index contributed by atoms with van der Waals surface area (Å²) in [6.07, 6.45) is 2.07. The molecule has 0 spiro atoms. The van der Waals surface area contributed by atoms with Gasteiger partial charge in [-0.25, -0.2) is 0 Å². The van der Waals surface area contributed by atoms with Gasteiger partial charge in [0.1, 0.15) is 0 Å². The normalized spacial score (nSPS) is 17.9. The number of anilines is 1. The van der Waals surface area contributed by atoms with E-state index in [1.165, 1.54) is 5.56 Å². The van der Waals surface area contributed by atoms with Gasteiger partial charge >= 0.3 is 0 Å². The lowest BCUT2D eigenvalue weighted by Gasteiger charge is -2.27. The molecule has 1 aliphatic heterocycles. The van der Waals surface area contributed by atoms with E-state index in [9.17, 15) is 0 Å². The van der Waals surface area contributed by atoms with Crippen molar-refractivity contribution >= 4 is 27.6 Å². The highest BCUT2D eigenvalue weighted by atomic mass is 79.9. The number of hydrogen-bond acceptors (Lipinski definition) is 3. The Kier molecular flexibility index (Phi) is 4.25. The molecule has 0 aliphatic carbocycles. The van der Waals surface area contributed by atoms with Gasteiger partial charge in [0.25, 0.3) is 0 Å². The van der Waals surface area contributed by atoms with E-state index >= 15 is 0 Å². The molecule has 2 aromatic rings. The lowest BCUT2D eigenvalue weighted by atomic mass is 10.0. The van der Waals surface area contributed by atoms with Crippen molar-refractivity contribution in [2.24, 2.45) is 10.7 Å². The predicted octanol–water partition coefficient (Wildman–Crippen LogP) is 3.59. The molecular weight excluding hydrogens is 326 g/mol. The first kappa shape index (κ1) is 14.1. The van der Waals surface area contributed by atoms with Crippen LogP contribution >= 0.6 is 15.9 Å². The highest BCUT2D eigenvalue weighted by Crippen LogP contribution is 2.30. The Labute approximate surface area is 133 Å². The molecule has 1 heterocycles. The minimum absolute atomic E-state index is 0.323. The Morgan fingerprint density at radius 1 is 1.10 bits per heavy atom. The number of aryl methyl sites for hydroxylation is 1. The molecule has 0 amide bonds. The second kappa shape index (κ2) is 6.31. The van der Waals surface area contributed by atoms with Gasteiger partial charge < -0.3 is 10.6 Å². The molecule has 0 radical (unpaired) electrons. The van der Waals surface area contributed by atoms with E-state index in [0.29, 0.717) is 12.0 Å². The van der Waals surface area contributed by atoms with Crippen LogP contribution in [0.5, 0.6) is 0 Å². The summed E-state index contributed by atoms with van der Waals surface area (Å²) in [4.78, 5) is 6.57. The monoisotopic (exact) mass is 343 g/mol. The smallest absolute Gasteiger partial charge is 0.196 e. The van der Waals surface area contributed by atoms with Crippen LogP contribution in [0.15, 0.2) is 64.1 Å². The summed E-state index contributed by atoms with van der Waals surface area (Å²) in [5, 5.41) is 0. The fourth-order valence-electron chi connectivity index (χ4n) is 2.71. The van der Waals surface area contributed by atoms with Crippen molar-refractivity contribution in [1.82, 2.24) is 0 Å². The Morgan fingerprint density at radius 3 is 2.57 bits per heavy atom. The van der Waals surface area contributed by atoms with Crippen LogP contribution < -0.4 is 10.6 Å². The third-order valence-electron chi connectivity index (χ3n) is 3.80. The van der Waals surface area contributed by atoms with E-state index in [1.54, 1.807) is 0 Å². The second-order valence-electron chi connectivity index (χ2n) is 5.20. The van der Waals surface area contributed by atoms with Crippen LogP contribution in [0.4, 0.5) is 5.69 Å². The Hall–Kier alpha value is -1.81. The van der Waals surface area contributed by atoms with Crippen molar-refractivity contribution in [2.45, 2.75) is 18.9 Å². The molecule has 108 valence electrons. The van der Waals surface area contributed by atoms with E-state index in [0.717, 1.165) is 29.5 Å². The van der Waals surface area contributed by atoms with Gasteiger partial charge in [-0.15, -0.1) is 0 Å². The first-order valence-electron chi connectivity index (χ1n) is 7.13. The predicted molar refractivity (Wildman–Crippen MR) is 91.7 cm³/mol. The SMILES string of the molecule is NC1=NCC(CCc2ccccc2)N1c1ccccc1Br. The third-order valence-corrected chi connectivity index (χ3v) is 4.47. The Bertz CT molecular complexity index is 639. The van der Waals surface area contributed by atoms with E-state index in [-0.39, 0.29) is 0 Å². The number of nitrogens with zero attached hydrogens (tertiary/aromatic N) is 2. The van der Waals surface area contributed by atoms with Crippen LogP contribution in [0.1, 0.15) is 12.0 Å². The average molecular weight is 344 g/mol. The maximum Gasteiger partial charge on any atom is 0.196 e. The van der Waals surface area contributed by atoms with Gasteiger partial charge in [-0.1, -0.05) is 42.5 Å². The molecule has 3 rings (SSSR count). The molecule has 3 nitrogen and oxygen atoms in total. The topological polar surface area (TPSA) is 41.6 Å². The average Bonchev–Trinajstić information content (AvgIpc) is 2.88. The minimum atomic E-state index is 0.323. The molecule has 1 unspecified atom stereocenters.